The first-order valence-corrected chi connectivity index (χ1v) is 5.88. The number of nitrogens with zero attached hydrogens (tertiary/aromatic N) is 2. The Bertz CT molecular complexity index is 349. The van der Waals surface area contributed by atoms with Crippen molar-refractivity contribution in [2.45, 2.75) is 45.6 Å². The molecule has 0 fully saturated rings. The summed E-state index contributed by atoms with van der Waals surface area (Å²) in [4.78, 5) is 15.5. The first kappa shape index (κ1) is 13.6. The van der Waals surface area contributed by atoms with E-state index in [2.05, 4.69) is 15.5 Å². The highest BCUT2D eigenvalue weighted by molar-refractivity contribution is 5.75. The normalized spacial score (nSPS) is 12.4. The molecule has 1 rings (SSSR count). The number of nitrogens with one attached hydrogen (secondary N) is 1. The number of aryl methyl sites for hydroxylation is 2. The van der Waals surface area contributed by atoms with E-state index in [0.29, 0.717) is 24.6 Å². The van der Waals surface area contributed by atoms with Crippen LogP contribution >= 0.6 is 0 Å². The van der Waals surface area contributed by atoms with E-state index in [4.69, 9.17) is 9.63 Å². The maximum Gasteiger partial charge on any atom is 0.227 e. The Morgan fingerprint density at radius 3 is 2.94 bits per heavy atom. The molecule has 0 saturated heterocycles. The molecule has 2 N–H and O–H groups in total. The Hall–Kier alpha value is -1.43. The standard InChI is InChI=1S/C11H19N3O3/c1-3-4-9-13-11(17-14-9)6-5-10(16)12-7-8(2)15/h8,15H,3-7H2,1-2H3,(H,12,16)/t8-/m0/s1. The van der Waals surface area contributed by atoms with Crippen molar-refractivity contribution in [2.75, 3.05) is 6.54 Å². The second-order valence-corrected chi connectivity index (χ2v) is 4.01. The molecule has 1 atom stereocenters. The van der Waals surface area contributed by atoms with Gasteiger partial charge in [-0.25, -0.2) is 0 Å². The third kappa shape index (κ3) is 5.44. The van der Waals surface area contributed by atoms with E-state index >= 15 is 0 Å². The first-order valence-electron chi connectivity index (χ1n) is 5.88. The molecule has 6 nitrogen and oxygen atoms in total. The lowest BCUT2D eigenvalue weighted by molar-refractivity contribution is -0.121. The van der Waals surface area contributed by atoms with Crippen LogP contribution in [-0.4, -0.2) is 33.8 Å². The van der Waals surface area contributed by atoms with Crippen LogP contribution in [0.2, 0.25) is 0 Å². The van der Waals surface area contributed by atoms with Crippen molar-refractivity contribution < 1.29 is 14.4 Å². The highest BCUT2D eigenvalue weighted by Crippen LogP contribution is 2.02. The molecule has 0 unspecified atom stereocenters. The molecule has 0 aliphatic heterocycles. The summed E-state index contributed by atoms with van der Waals surface area (Å²) in [6, 6.07) is 0. The van der Waals surface area contributed by atoms with Crippen LogP contribution in [0.5, 0.6) is 0 Å². The van der Waals surface area contributed by atoms with Gasteiger partial charge in [0.2, 0.25) is 11.8 Å². The number of aliphatic hydroxyl groups is 1. The minimum absolute atomic E-state index is 0.124. The molecule has 1 heterocycles. The molecule has 1 aromatic rings. The van der Waals surface area contributed by atoms with Gasteiger partial charge in [0.15, 0.2) is 5.82 Å². The fourth-order valence-electron chi connectivity index (χ4n) is 1.29. The zero-order valence-corrected chi connectivity index (χ0v) is 10.3. The number of rotatable bonds is 7. The van der Waals surface area contributed by atoms with E-state index < -0.39 is 6.10 Å². The molecule has 0 radical (unpaired) electrons. The van der Waals surface area contributed by atoms with Gasteiger partial charge in [-0.1, -0.05) is 12.1 Å². The van der Waals surface area contributed by atoms with Crippen LogP contribution in [0, 0.1) is 0 Å². The highest BCUT2D eigenvalue weighted by atomic mass is 16.5. The van der Waals surface area contributed by atoms with Crippen molar-refractivity contribution in [1.29, 1.82) is 0 Å². The SMILES string of the molecule is CCCc1noc(CCC(=O)NC[C@H](C)O)n1. The zero-order valence-electron chi connectivity index (χ0n) is 10.3. The van der Waals surface area contributed by atoms with Crippen molar-refractivity contribution in [3.63, 3.8) is 0 Å². The smallest absolute Gasteiger partial charge is 0.227 e. The minimum atomic E-state index is -0.529. The molecule has 0 saturated carbocycles. The van der Waals surface area contributed by atoms with E-state index in [1.54, 1.807) is 6.92 Å². The van der Waals surface area contributed by atoms with Crippen LogP contribution in [0.25, 0.3) is 0 Å². The number of aromatic nitrogens is 2. The topological polar surface area (TPSA) is 88.2 Å². The Morgan fingerprint density at radius 1 is 1.53 bits per heavy atom. The van der Waals surface area contributed by atoms with Crippen molar-refractivity contribution >= 4 is 5.91 Å². The maximum absolute atomic E-state index is 11.3. The van der Waals surface area contributed by atoms with Crippen LogP contribution < -0.4 is 5.32 Å². The molecule has 6 heteroatoms. The Kier molecular flexibility index (Phi) is 5.62. The van der Waals surface area contributed by atoms with Gasteiger partial charge in [-0.05, 0) is 13.3 Å². The van der Waals surface area contributed by atoms with Gasteiger partial charge in [0.05, 0.1) is 6.10 Å². The lowest BCUT2D eigenvalue weighted by Gasteiger charge is -2.05. The van der Waals surface area contributed by atoms with E-state index in [1.165, 1.54) is 0 Å². The number of aliphatic hydroxyl groups excluding tert-OH is 1. The minimum Gasteiger partial charge on any atom is -0.392 e. The largest absolute Gasteiger partial charge is 0.392 e. The monoisotopic (exact) mass is 241 g/mol. The fourth-order valence-corrected chi connectivity index (χ4v) is 1.29. The highest BCUT2D eigenvalue weighted by Gasteiger charge is 2.08. The van der Waals surface area contributed by atoms with Crippen molar-refractivity contribution in [3.05, 3.63) is 11.7 Å². The van der Waals surface area contributed by atoms with Gasteiger partial charge in [0, 0.05) is 25.8 Å². The maximum atomic E-state index is 11.3. The van der Waals surface area contributed by atoms with Crippen LogP contribution in [0.4, 0.5) is 0 Å². The van der Waals surface area contributed by atoms with E-state index in [9.17, 15) is 4.79 Å². The quantitative estimate of drug-likeness (QED) is 0.723. The van der Waals surface area contributed by atoms with Crippen molar-refractivity contribution in [2.24, 2.45) is 0 Å². The lowest BCUT2D eigenvalue weighted by Crippen LogP contribution is -2.30. The number of hydrogen-bond donors (Lipinski definition) is 2. The number of hydrogen-bond acceptors (Lipinski definition) is 5. The molecule has 0 spiro atoms. The van der Waals surface area contributed by atoms with Gasteiger partial charge in [0.25, 0.3) is 0 Å². The summed E-state index contributed by atoms with van der Waals surface area (Å²) in [7, 11) is 0. The average molecular weight is 241 g/mol. The van der Waals surface area contributed by atoms with Gasteiger partial charge in [0.1, 0.15) is 0 Å². The predicted molar refractivity (Wildman–Crippen MR) is 61.3 cm³/mol. The summed E-state index contributed by atoms with van der Waals surface area (Å²) in [6.45, 7) is 3.93. The second kappa shape index (κ2) is 7.01. The van der Waals surface area contributed by atoms with Gasteiger partial charge < -0.3 is 14.9 Å². The van der Waals surface area contributed by atoms with Crippen LogP contribution in [0.15, 0.2) is 4.52 Å². The molecule has 1 aromatic heterocycles. The summed E-state index contributed by atoms with van der Waals surface area (Å²) in [6.07, 6.45) is 1.95. The molecule has 0 aliphatic carbocycles. The number of carbonyl (C=O) groups is 1. The zero-order chi connectivity index (χ0) is 12.7. The molecule has 0 bridgehead atoms. The molecule has 1 amide bonds. The summed E-state index contributed by atoms with van der Waals surface area (Å²) in [5.41, 5.74) is 0. The average Bonchev–Trinajstić information content (AvgIpc) is 2.72. The van der Waals surface area contributed by atoms with Gasteiger partial charge in [-0.2, -0.15) is 4.98 Å². The van der Waals surface area contributed by atoms with Gasteiger partial charge in [-0.3, -0.25) is 4.79 Å². The molecular formula is C11H19N3O3. The van der Waals surface area contributed by atoms with Gasteiger partial charge in [-0.15, -0.1) is 0 Å². The number of carbonyl (C=O) groups excluding carboxylic acids is 1. The Morgan fingerprint density at radius 2 is 2.29 bits per heavy atom. The molecular weight excluding hydrogens is 222 g/mol. The predicted octanol–water partition coefficient (Wildman–Crippen LogP) is 0.452. The third-order valence-electron chi connectivity index (χ3n) is 2.14. The van der Waals surface area contributed by atoms with E-state index in [0.717, 1.165) is 12.8 Å². The van der Waals surface area contributed by atoms with Crippen molar-refractivity contribution in [3.8, 4) is 0 Å². The summed E-state index contributed by atoms with van der Waals surface area (Å²) >= 11 is 0. The Balaban J connectivity index is 2.26. The fraction of sp³-hybridized carbons (Fsp3) is 0.727. The summed E-state index contributed by atoms with van der Waals surface area (Å²) in [5.74, 6) is 1.05. The van der Waals surface area contributed by atoms with E-state index in [1.807, 2.05) is 6.92 Å². The Labute approximate surface area is 100 Å². The van der Waals surface area contributed by atoms with Crippen molar-refractivity contribution in [1.82, 2.24) is 15.5 Å². The summed E-state index contributed by atoms with van der Waals surface area (Å²) in [5, 5.41) is 15.4. The van der Waals surface area contributed by atoms with Gasteiger partial charge >= 0.3 is 0 Å². The molecule has 96 valence electrons. The van der Waals surface area contributed by atoms with Crippen LogP contribution in [-0.2, 0) is 17.6 Å². The number of amides is 1. The third-order valence-corrected chi connectivity index (χ3v) is 2.14. The van der Waals surface area contributed by atoms with E-state index in [-0.39, 0.29) is 12.5 Å². The van der Waals surface area contributed by atoms with Crippen LogP contribution in [0.1, 0.15) is 38.4 Å². The second-order valence-electron chi connectivity index (χ2n) is 4.01. The first-order chi connectivity index (χ1) is 8.11. The summed E-state index contributed by atoms with van der Waals surface area (Å²) < 4.78 is 5.00. The molecule has 0 aliphatic rings. The molecule has 0 aromatic carbocycles. The lowest BCUT2D eigenvalue weighted by atomic mass is 10.3. The van der Waals surface area contributed by atoms with Crippen LogP contribution in [0.3, 0.4) is 0 Å². The molecule has 17 heavy (non-hydrogen) atoms.